The molecule has 0 aromatic heterocycles. The minimum Gasteiger partial charge on any atom is -0.507 e. The Balaban J connectivity index is 1.92. The van der Waals surface area contributed by atoms with Gasteiger partial charge in [0.15, 0.2) is 0 Å². The number of non-ortho nitro benzene ring substituents is 1. The zero-order valence-corrected chi connectivity index (χ0v) is 22.1. The molecular formula is C28H34ClN3O5. The number of hydrogen-bond donors (Lipinski definition) is 1. The second-order valence-electron chi connectivity index (χ2n) is 9.25. The van der Waals surface area contributed by atoms with E-state index in [1.165, 1.54) is 29.2 Å². The van der Waals surface area contributed by atoms with Gasteiger partial charge in [0, 0.05) is 29.3 Å². The molecule has 1 saturated heterocycles. The number of amides is 1. The van der Waals surface area contributed by atoms with Gasteiger partial charge in [-0.1, -0.05) is 50.4 Å². The number of rotatable bonds is 13. The van der Waals surface area contributed by atoms with Gasteiger partial charge in [0.25, 0.3) is 17.4 Å². The Morgan fingerprint density at radius 3 is 2.08 bits per heavy atom. The number of likely N-dealkylation sites (tertiary alicyclic amines) is 1. The van der Waals surface area contributed by atoms with E-state index in [1.54, 1.807) is 24.3 Å². The van der Waals surface area contributed by atoms with E-state index in [4.69, 9.17) is 11.6 Å². The SMILES string of the molecule is CCCCN(CCCC)CCCN1C(=O)C(=O)C(=C(O)c2ccc([N+](=O)[O-])cc2)[C@H]1c1ccc(Cl)cc1. The molecule has 0 radical (unpaired) electrons. The van der Waals surface area contributed by atoms with Gasteiger partial charge in [-0.3, -0.25) is 19.7 Å². The average Bonchev–Trinajstić information content (AvgIpc) is 3.15. The number of carbonyl (C=O) groups is 2. The van der Waals surface area contributed by atoms with E-state index in [-0.39, 0.29) is 22.6 Å². The second kappa shape index (κ2) is 13.4. The van der Waals surface area contributed by atoms with Crippen molar-refractivity contribution in [3.8, 4) is 0 Å². The number of nitro benzene ring substituents is 1. The molecular weight excluding hydrogens is 494 g/mol. The maximum Gasteiger partial charge on any atom is 0.295 e. The number of halogens is 1. The molecule has 3 rings (SSSR count). The minimum atomic E-state index is -0.785. The fourth-order valence-electron chi connectivity index (χ4n) is 4.56. The molecule has 0 spiro atoms. The van der Waals surface area contributed by atoms with Gasteiger partial charge in [-0.25, -0.2) is 0 Å². The summed E-state index contributed by atoms with van der Waals surface area (Å²) in [6.07, 6.45) is 5.11. The number of aliphatic hydroxyl groups excluding tert-OH is 1. The van der Waals surface area contributed by atoms with E-state index in [0.717, 1.165) is 45.3 Å². The van der Waals surface area contributed by atoms with Gasteiger partial charge < -0.3 is 14.9 Å². The van der Waals surface area contributed by atoms with Crippen molar-refractivity contribution in [2.75, 3.05) is 26.2 Å². The lowest BCUT2D eigenvalue weighted by Gasteiger charge is -2.27. The van der Waals surface area contributed by atoms with Crippen LogP contribution >= 0.6 is 11.6 Å². The van der Waals surface area contributed by atoms with E-state index >= 15 is 0 Å². The molecule has 1 N–H and O–H groups in total. The Bertz CT molecular complexity index is 1120. The molecule has 1 atom stereocenters. The van der Waals surface area contributed by atoms with E-state index < -0.39 is 22.7 Å². The van der Waals surface area contributed by atoms with Gasteiger partial charge in [0.05, 0.1) is 16.5 Å². The number of benzene rings is 2. The Morgan fingerprint density at radius 1 is 0.973 bits per heavy atom. The van der Waals surface area contributed by atoms with E-state index in [1.807, 2.05) is 0 Å². The lowest BCUT2D eigenvalue weighted by molar-refractivity contribution is -0.384. The number of nitro groups is 1. The van der Waals surface area contributed by atoms with Gasteiger partial charge in [0.2, 0.25) is 0 Å². The van der Waals surface area contributed by atoms with Crippen LogP contribution in [0.15, 0.2) is 54.1 Å². The number of aliphatic hydroxyl groups is 1. The summed E-state index contributed by atoms with van der Waals surface area (Å²) < 4.78 is 0. The van der Waals surface area contributed by atoms with Crippen LogP contribution in [0.3, 0.4) is 0 Å². The Kier molecular flexibility index (Phi) is 10.2. The van der Waals surface area contributed by atoms with Crippen LogP contribution in [0.1, 0.15) is 63.1 Å². The van der Waals surface area contributed by atoms with E-state index in [9.17, 15) is 24.8 Å². The number of carbonyl (C=O) groups excluding carboxylic acids is 2. The van der Waals surface area contributed by atoms with Gasteiger partial charge in [-0.15, -0.1) is 0 Å². The predicted octanol–water partition coefficient (Wildman–Crippen LogP) is 5.96. The minimum absolute atomic E-state index is 0.0324. The highest BCUT2D eigenvalue weighted by Gasteiger charge is 2.45. The maximum absolute atomic E-state index is 13.2. The highest BCUT2D eigenvalue weighted by molar-refractivity contribution is 6.46. The third-order valence-electron chi connectivity index (χ3n) is 6.61. The first kappa shape index (κ1) is 28.3. The normalized spacial score (nSPS) is 17.1. The Hall–Kier alpha value is -3.23. The molecule has 1 amide bonds. The van der Waals surface area contributed by atoms with E-state index in [0.29, 0.717) is 23.6 Å². The van der Waals surface area contributed by atoms with Crippen LogP contribution in [0.2, 0.25) is 5.02 Å². The summed E-state index contributed by atoms with van der Waals surface area (Å²) in [7, 11) is 0. The number of hydrogen-bond acceptors (Lipinski definition) is 6. The van der Waals surface area contributed by atoms with Crippen LogP contribution in [0.25, 0.3) is 5.76 Å². The first-order valence-corrected chi connectivity index (χ1v) is 13.2. The third kappa shape index (κ3) is 6.96. The van der Waals surface area contributed by atoms with Crippen LogP contribution in [0, 0.1) is 10.1 Å². The monoisotopic (exact) mass is 527 g/mol. The first-order chi connectivity index (χ1) is 17.8. The maximum atomic E-state index is 13.2. The summed E-state index contributed by atoms with van der Waals surface area (Å²) >= 11 is 6.08. The average molecular weight is 528 g/mol. The Labute approximate surface area is 222 Å². The second-order valence-corrected chi connectivity index (χ2v) is 9.69. The molecule has 1 aliphatic rings. The largest absolute Gasteiger partial charge is 0.507 e. The zero-order chi connectivity index (χ0) is 26.9. The number of ketones is 1. The summed E-state index contributed by atoms with van der Waals surface area (Å²) in [6, 6.07) is 11.3. The smallest absolute Gasteiger partial charge is 0.295 e. The van der Waals surface area contributed by atoms with Gasteiger partial charge in [-0.2, -0.15) is 0 Å². The topological polar surface area (TPSA) is 104 Å². The summed E-state index contributed by atoms with van der Waals surface area (Å²) in [5.74, 6) is -1.80. The summed E-state index contributed by atoms with van der Waals surface area (Å²) in [5, 5.41) is 22.7. The van der Waals surface area contributed by atoms with Gasteiger partial charge in [0.1, 0.15) is 5.76 Å². The van der Waals surface area contributed by atoms with Crippen LogP contribution in [0.4, 0.5) is 5.69 Å². The quantitative estimate of drug-likeness (QED) is 0.113. The summed E-state index contributed by atoms with van der Waals surface area (Å²) in [4.78, 5) is 40.7. The van der Waals surface area contributed by atoms with Gasteiger partial charge in [-0.05, 0) is 68.7 Å². The number of nitrogens with zero attached hydrogens (tertiary/aromatic N) is 3. The molecule has 0 aliphatic carbocycles. The first-order valence-electron chi connectivity index (χ1n) is 12.8. The van der Waals surface area contributed by atoms with Crippen LogP contribution in [0.5, 0.6) is 0 Å². The van der Waals surface area contributed by atoms with E-state index in [2.05, 4.69) is 18.7 Å². The molecule has 0 saturated carbocycles. The molecule has 1 fully saturated rings. The molecule has 0 unspecified atom stereocenters. The molecule has 0 bridgehead atoms. The third-order valence-corrected chi connectivity index (χ3v) is 6.86. The van der Waals surface area contributed by atoms with Crippen LogP contribution in [-0.4, -0.2) is 57.7 Å². The lowest BCUT2D eigenvalue weighted by Crippen LogP contribution is -2.34. The molecule has 2 aromatic rings. The van der Waals surface area contributed by atoms with Gasteiger partial charge >= 0.3 is 0 Å². The molecule has 8 nitrogen and oxygen atoms in total. The van der Waals surface area contributed by atoms with Crippen LogP contribution in [-0.2, 0) is 9.59 Å². The molecule has 9 heteroatoms. The summed E-state index contributed by atoms with van der Waals surface area (Å²) in [5.41, 5.74) is 0.714. The molecule has 1 heterocycles. The van der Waals surface area contributed by atoms with Crippen LogP contribution < -0.4 is 0 Å². The highest BCUT2D eigenvalue weighted by Crippen LogP contribution is 2.40. The fourth-order valence-corrected chi connectivity index (χ4v) is 4.69. The van der Waals surface area contributed by atoms with Crippen molar-refractivity contribution in [1.82, 2.24) is 9.80 Å². The lowest BCUT2D eigenvalue weighted by atomic mass is 9.95. The van der Waals surface area contributed by atoms with Crippen molar-refractivity contribution in [2.24, 2.45) is 0 Å². The zero-order valence-electron chi connectivity index (χ0n) is 21.4. The van der Waals surface area contributed by atoms with Crippen molar-refractivity contribution in [3.05, 3.63) is 80.4 Å². The molecule has 37 heavy (non-hydrogen) atoms. The standard InChI is InChI=1S/C28H34ClN3O5/c1-3-5-16-30(17-6-4-2)18-7-19-31-25(20-8-12-22(29)13-9-20)24(27(34)28(31)35)26(33)21-10-14-23(15-11-21)32(36)37/h8-15,25,33H,3-7,16-19H2,1-2H3/t25-/m1/s1. The fraction of sp³-hybridized carbons (Fsp3) is 0.429. The molecule has 1 aliphatic heterocycles. The predicted molar refractivity (Wildman–Crippen MR) is 144 cm³/mol. The van der Waals surface area contributed by atoms with Crippen molar-refractivity contribution in [1.29, 1.82) is 0 Å². The van der Waals surface area contributed by atoms with Crippen molar-refractivity contribution in [3.63, 3.8) is 0 Å². The summed E-state index contributed by atoms with van der Waals surface area (Å²) in [6.45, 7) is 7.47. The number of Topliss-reactive ketones (excluding diaryl/α,β-unsaturated/α-hetero) is 1. The molecule has 2 aromatic carbocycles. The van der Waals surface area contributed by atoms with Crippen molar-refractivity contribution >= 4 is 34.7 Å². The Morgan fingerprint density at radius 2 is 1.54 bits per heavy atom. The van der Waals surface area contributed by atoms with Crippen molar-refractivity contribution < 1.29 is 19.6 Å². The highest BCUT2D eigenvalue weighted by atomic mass is 35.5. The van der Waals surface area contributed by atoms with Crippen molar-refractivity contribution in [2.45, 2.75) is 52.0 Å². The molecule has 198 valence electrons. The number of unbranched alkanes of at least 4 members (excludes halogenated alkanes) is 2.